The first kappa shape index (κ1) is 18.6. The second-order valence-electron chi connectivity index (χ2n) is 8.61. The third kappa shape index (κ3) is 5.66. The van der Waals surface area contributed by atoms with Gasteiger partial charge in [0, 0.05) is 24.7 Å². The van der Waals surface area contributed by atoms with Gasteiger partial charge >= 0.3 is 6.09 Å². The second kappa shape index (κ2) is 7.87. The van der Waals surface area contributed by atoms with E-state index in [1.165, 1.54) is 25.7 Å². The Morgan fingerprint density at radius 1 is 1.17 bits per heavy atom. The van der Waals surface area contributed by atoms with Crippen LogP contribution in [-0.2, 0) is 4.74 Å². The van der Waals surface area contributed by atoms with E-state index in [2.05, 4.69) is 19.2 Å². The molecule has 1 N–H and O–H groups in total. The predicted molar refractivity (Wildman–Crippen MR) is 94.6 cm³/mol. The number of rotatable bonds is 5. The minimum atomic E-state index is -0.412. The lowest BCUT2D eigenvalue weighted by Crippen LogP contribution is -2.45. The Morgan fingerprint density at radius 2 is 1.83 bits per heavy atom. The van der Waals surface area contributed by atoms with Gasteiger partial charge in [0.2, 0.25) is 0 Å². The van der Waals surface area contributed by atoms with E-state index in [-0.39, 0.29) is 6.09 Å². The first-order valence-electron chi connectivity index (χ1n) is 9.52. The number of amides is 1. The lowest BCUT2D eigenvalue weighted by molar-refractivity contribution is 0.0213. The van der Waals surface area contributed by atoms with Crippen molar-refractivity contribution < 1.29 is 9.53 Å². The van der Waals surface area contributed by atoms with Crippen LogP contribution in [0.2, 0.25) is 0 Å². The fourth-order valence-corrected chi connectivity index (χ4v) is 4.16. The maximum Gasteiger partial charge on any atom is 0.410 e. The molecule has 1 aliphatic carbocycles. The van der Waals surface area contributed by atoms with Gasteiger partial charge in [0.1, 0.15) is 5.60 Å². The molecule has 0 aromatic heterocycles. The molecule has 0 aromatic carbocycles. The van der Waals surface area contributed by atoms with Crippen molar-refractivity contribution in [3.63, 3.8) is 0 Å². The van der Waals surface area contributed by atoms with E-state index in [1.807, 2.05) is 25.7 Å². The maximum absolute atomic E-state index is 12.4. The van der Waals surface area contributed by atoms with Crippen LogP contribution in [0.3, 0.4) is 0 Å². The number of likely N-dealkylation sites (tertiary alicyclic amines) is 1. The van der Waals surface area contributed by atoms with Gasteiger partial charge in [-0.3, -0.25) is 0 Å². The quantitative estimate of drug-likeness (QED) is 0.818. The van der Waals surface area contributed by atoms with E-state index in [9.17, 15) is 4.79 Å². The molecule has 0 radical (unpaired) electrons. The van der Waals surface area contributed by atoms with Crippen molar-refractivity contribution >= 4 is 6.09 Å². The van der Waals surface area contributed by atoms with Crippen LogP contribution in [0.1, 0.15) is 79.6 Å². The third-order valence-electron chi connectivity index (χ3n) is 5.29. The minimum absolute atomic E-state index is 0.143. The average Bonchev–Trinajstić information content (AvgIpc) is 3.06. The minimum Gasteiger partial charge on any atom is -0.444 e. The van der Waals surface area contributed by atoms with Crippen molar-refractivity contribution in [3.05, 3.63) is 0 Å². The zero-order chi connectivity index (χ0) is 17.0. The van der Waals surface area contributed by atoms with Gasteiger partial charge in [-0.2, -0.15) is 0 Å². The maximum atomic E-state index is 12.4. The number of carbonyl (C=O) groups excluding carboxylic acids is 1. The van der Waals surface area contributed by atoms with Crippen LogP contribution < -0.4 is 5.32 Å². The highest BCUT2D eigenvalue weighted by Crippen LogP contribution is 2.29. The molecule has 0 bridgehead atoms. The smallest absolute Gasteiger partial charge is 0.410 e. The van der Waals surface area contributed by atoms with E-state index in [0.29, 0.717) is 18.1 Å². The average molecular weight is 325 g/mol. The van der Waals surface area contributed by atoms with Gasteiger partial charge in [-0.05, 0) is 72.6 Å². The van der Waals surface area contributed by atoms with E-state index in [1.54, 1.807) is 0 Å². The van der Waals surface area contributed by atoms with E-state index in [4.69, 9.17) is 4.74 Å². The lowest BCUT2D eigenvalue weighted by atomic mass is 9.97. The fourth-order valence-electron chi connectivity index (χ4n) is 4.16. The van der Waals surface area contributed by atoms with Crippen LogP contribution in [0.4, 0.5) is 4.79 Å². The highest BCUT2D eigenvalue weighted by Gasteiger charge is 2.33. The molecule has 2 fully saturated rings. The summed E-state index contributed by atoms with van der Waals surface area (Å²) < 4.78 is 5.56. The van der Waals surface area contributed by atoms with Gasteiger partial charge in [0.05, 0.1) is 0 Å². The van der Waals surface area contributed by atoms with Gasteiger partial charge in [0.15, 0.2) is 0 Å². The number of nitrogens with one attached hydrogen (secondary N) is 1. The highest BCUT2D eigenvalue weighted by atomic mass is 16.6. The van der Waals surface area contributed by atoms with Crippen LogP contribution >= 0.6 is 0 Å². The van der Waals surface area contributed by atoms with Gasteiger partial charge in [-0.15, -0.1) is 0 Å². The summed E-state index contributed by atoms with van der Waals surface area (Å²) in [5.74, 6) is 0.836. The van der Waals surface area contributed by atoms with Crippen LogP contribution in [0.5, 0.6) is 0 Å². The molecule has 134 valence electrons. The molecule has 1 saturated heterocycles. The Kier molecular flexibility index (Phi) is 6.35. The summed E-state index contributed by atoms with van der Waals surface area (Å²) in [7, 11) is 0. The van der Waals surface area contributed by atoms with Gasteiger partial charge in [-0.1, -0.05) is 12.8 Å². The second-order valence-corrected chi connectivity index (χ2v) is 8.61. The number of hydrogen-bond acceptors (Lipinski definition) is 3. The fraction of sp³-hybridized carbons (Fsp3) is 0.947. The number of carbonyl (C=O) groups is 1. The molecule has 4 nitrogen and oxygen atoms in total. The Balaban J connectivity index is 1.81. The van der Waals surface area contributed by atoms with Crippen LogP contribution in [0, 0.1) is 5.92 Å². The Bertz CT molecular complexity index is 385. The normalized spacial score (nSPS) is 25.6. The summed E-state index contributed by atoms with van der Waals surface area (Å²) in [5.41, 5.74) is -0.412. The summed E-state index contributed by atoms with van der Waals surface area (Å²) >= 11 is 0. The van der Waals surface area contributed by atoms with Gasteiger partial charge in [-0.25, -0.2) is 4.79 Å². The molecule has 1 heterocycles. The van der Waals surface area contributed by atoms with Crippen LogP contribution in [0.15, 0.2) is 0 Å². The molecule has 1 aliphatic heterocycles. The summed E-state index contributed by atoms with van der Waals surface area (Å²) in [5, 5.41) is 3.78. The summed E-state index contributed by atoms with van der Waals surface area (Å²) in [6.07, 6.45) is 8.59. The molecule has 1 amide bonds. The number of ether oxygens (including phenoxy) is 1. The molecule has 3 atom stereocenters. The largest absolute Gasteiger partial charge is 0.444 e. The molecular formula is C19H36N2O2. The standard InChI is InChI=1S/C19H36N2O2/c1-14(20-15(2)16-9-6-7-10-16)13-17-11-8-12-21(17)18(22)23-19(3,4)5/h14-17,20H,6-13H2,1-5H3/t14?,15-,17?/m0/s1. The summed E-state index contributed by atoms with van der Waals surface area (Å²) in [4.78, 5) is 14.3. The SMILES string of the molecule is CC(CC1CCCN1C(=O)OC(C)(C)C)N[C@@H](C)C1CCCC1. The predicted octanol–water partition coefficient (Wildman–Crippen LogP) is 4.33. The van der Waals surface area contributed by atoms with E-state index in [0.717, 1.165) is 31.7 Å². The molecule has 1 saturated carbocycles. The van der Waals surface area contributed by atoms with Crippen molar-refractivity contribution in [2.45, 2.75) is 103 Å². The first-order valence-corrected chi connectivity index (χ1v) is 9.52. The van der Waals surface area contributed by atoms with Crippen molar-refractivity contribution in [2.24, 2.45) is 5.92 Å². The summed E-state index contributed by atoms with van der Waals surface area (Å²) in [6.45, 7) is 11.2. The zero-order valence-corrected chi connectivity index (χ0v) is 15.7. The molecule has 2 unspecified atom stereocenters. The van der Waals surface area contributed by atoms with E-state index >= 15 is 0 Å². The summed E-state index contributed by atoms with van der Waals surface area (Å²) in [6, 6.07) is 1.35. The van der Waals surface area contributed by atoms with E-state index < -0.39 is 5.60 Å². The Morgan fingerprint density at radius 3 is 2.43 bits per heavy atom. The van der Waals surface area contributed by atoms with Crippen molar-refractivity contribution in [3.8, 4) is 0 Å². The third-order valence-corrected chi connectivity index (χ3v) is 5.29. The topological polar surface area (TPSA) is 41.6 Å². The molecular weight excluding hydrogens is 288 g/mol. The highest BCUT2D eigenvalue weighted by molar-refractivity contribution is 5.68. The van der Waals surface area contributed by atoms with Crippen molar-refractivity contribution in [2.75, 3.05) is 6.54 Å². The molecule has 2 aliphatic rings. The number of hydrogen-bond donors (Lipinski definition) is 1. The number of nitrogens with zero attached hydrogens (tertiary/aromatic N) is 1. The first-order chi connectivity index (χ1) is 10.8. The molecule has 0 aromatic rings. The molecule has 23 heavy (non-hydrogen) atoms. The van der Waals surface area contributed by atoms with Crippen molar-refractivity contribution in [1.82, 2.24) is 10.2 Å². The van der Waals surface area contributed by atoms with Crippen LogP contribution in [0.25, 0.3) is 0 Å². The molecule has 0 spiro atoms. The zero-order valence-electron chi connectivity index (χ0n) is 15.7. The Hall–Kier alpha value is -0.770. The lowest BCUT2D eigenvalue weighted by Gasteiger charge is -2.31. The van der Waals surface area contributed by atoms with Crippen molar-refractivity contribution in [1.29, 1.82) is 0 Å². The Labute approximate surface area is 142 Å². The van der Waals surface area contributed by atoms with Gasteiger partial charge in [0.25, 0.3) is 0 Å². The molecule has 4 heteroatoms. The van der Waals surface area contributed by atoms with Gasteiger partial charge < -0.3 is 15.0 Å². The monoisotopic (exact) mass is 324 g/mol. The molecule has 2 rings (SSSR count). The van der Waals surface area contributed by atoms with Crippen LogP contribution in [-0.4, -0.2) is 41.3 Å².